The summed E-state index contributed by atoms with van der Waals surface area (Å²) in [4.78, 5) is 23.6. The SMILES string of the molecule is Cc1c(C(=O)N[C@H](CC(C)C)C(=O)O)oc2c(C)cccc12. The molecule has 0 radical (unpaired) electrons. The molecule has 0 saturated heterocycles. The number of para-hydroxylation sites is 1. The molecule has 5 nitrogen and oxygen atoms in total. The van der Waals surface area contributed by atoms with E-state index in [1.54, 1.807) is 6.92 Å². The fourth-order valence-electron chi connectivity index (χ4n) is 2.52. The first-order chi connectivity index (χ1) is 10.3. The molecule has 22 heavy (non-hydrogen) atoms. The maximum atomic E-state index is 12.4. The third kappa shape index (κ3) is 3.13. The Bertz CT molecular complexity index is 715. The van der Waals surface area contributed by atoms with Crippen molar-refractivity contribution in [1.82, 2.24) is 5.32 Å². The zero-order valence-corrected chi connectivity index (χ0v) is 13.3. The standard InChI is InChI=1S/C17H21NO4/c1-9(2)8-13(17(20)21)18-16(19)15-11(4)12-7-5-6-10(3)14(12)22-15/h5-7,9,13H,8H2,1-4H3,(H,18,19)(H,20,21)/t13-/m1/s1. The van der Waals surface area contributed by atoms with Gasteiger partial charge in [-0.2, -0.15) is 0 Å². The summed E-state index contributed by atoms with van der Waals surface area (Å²) in [6, 6.07) is 4.79. The van der Waals surface area contributed by atoms with Crippen molar-refractivity contribution in [2.75, 3.05) is 0 Å². The van der Waals surface area contributed by atoms with Crippen LogP contribution in [0.2, 0.25) is 0 Å². The maximum Gasteiger partial charge on any atom is 0.326 e. The van der Waals surface area contributed by atoms with Gasteiger partial charge in [0.15, 0.2) is 5.76 Å². The first-order valence-corrected chi connectivity index (χ1v) is 7.33. The number of hydrogen-bond donors (Lipinski definition) is 2. The van der Waals surface area contributed by atoms with Gasteiger partial charge in [0.1, 0.15) is 11.6 Å². The Labute approximate surface area is 129 Å². The van der Waals surface area contributed by atoms with Crippen LogP contribution in [0, 0.1) is 19.8 Å². The molecule has 0 saturated carbocycles. The Morgan fingerprint density at radius 3 is 2.50 bits per heavy atom. The van der Waals surface area contributed by atoms with Gasteiger partial charge in [-0.25, -0.2) is 4.79 Å². The number of carbonyl (C=O) groups is 2. The number of rotatable bonds is 5. The number of carboxylic acid groups (broad SMARTS) is 1. The van der Waals surface area contributed by atoms with Gasteiger partial charge in [0.2, 0.25) is 0 Å². The number of nitrogens with one attached hydrogen (secondary N) is 1. The van der Waals surface area contributed by atoms with E-state index in [2.05, 4.69) is 5.32 Å². The fraction of sp³-hybridized carbons (Fsp3) is 0.412. The Kier molecular flexibility index (Phi) is 4.54. The molecule has 0 spiro atoms. The Hall–Kier alpha value is -2.30. The second-order valence-electron chi connectivity index (χ2n) is 6.00. The molecular weight excluding hydrogens is 282 g/mol. The second-order valence-corrected chi connectivity index (χ2v) is 6.00. The van der Waals surface area contributed by atoms with Crippen molar-refractivity contribution < 1.29 is 19.1 Å². The van der Waals surface area contributed by atoms with Gasteiger partial charge < -0.3 is 14.8 Å². The van der Waals surface area contributed by atoms with Crippen LogP contribution in [0.1, 0.15) is 41.9 Å². The van der Waals surface area contributed by atoms with Crippen molar-refractivity contribution in [2.45, 2.75) is 40.2 Å². The molecule has 1 heterocycles. The lowest BCUT2D eigenvalue weighted by Gasteiger charge is -2.15. The number of amides is 1. The summed E-state index contributed by atoms with van der Waals surface area (Å²) in [6.45, 7) is 7.54. The fourth-order valence-corrected chi connectivity index (χ4v) is 2.52. The number of carbonyl (C=O) groups excluding carboxylic acids is 1. The van der Waals surface area contributed by atoms with Crippen LogP contribution in [0.3, 0.4) is 0 Å². The molecule has 0 unspecified atom stereocenters. The van der Waals surface area contributed by atoms with Crippen LogP contribution in [-0.2, 0) is 4.79 Å². The van der Waals surface area contributed by atoms with E-state index in [1.807, 2.05) is 39.0 Å². The first kappa shape index (κ1) is 16.1. The van der Waals surface area contributed by atoms with Crippen LogP contribution in [0.5, 0.6) is 0 Å². The monoisotopic (exact) mass is 303 g/mol. The summed E-state index contributed by atoms with van der Waals surface area (Å²) < 4.78 is 5.67. The van der Waals surface area contributed by atoms with Crippen LogP contribution >= 0.6 is 0 Å². The minimum Gasteiger partial charge on any atom is -0.480 e. The summed E-state index contributed by atoms with van der Waals surface area (Å²) in [5.41, 5.74) is 2.34. The van der Waals surface area contributed by atoms with Crippen molar-refractivity contribution in [3.63, 3.8) is 0 Å². The summed E-state index contributed by atoms with van der Waals surface area (Å²) in [5, 5.41) is 12.7. The topological polar surface area (TPSA) is 79.5 Å². The molecule has 0 fully saturated rings. The molecule has 5 heteroatoms. The normalized spacial score (nSPS) is 12.6. The maximum absolute atomic E-state index is 12.4. The molecule has 1 amide bonds. The van der Waals surface area contributed by atoms with E-state index in [1.165, 1.54) is 0 Å². The van der Waals surface area contributed by atoms with Gasteiger partial charge >= 0.3 is 5.97 Å². The first-order valence-electron chi connectivity index (χ1n) is 7.33. The number of fused-ring (bicyclic) bond motifs is 1. The molecular formula is C17H21NO4. The number of hydrogen-bond acceptors (Lipinski definition) is 3. The minimum absolute atomic E-state index is 0.167. The smallest absolute Gasteiger partial charge is 0.326 e. The molecule has 118 valence electrons. The molecule has 1 aromatic carbocycles. The highest BCUT2D eigenvalue weighted by Gasteiger charge is 2.25. The van der Waals surface area contributed by atoms with Crippen molar-refractivity contribution in [1.29, 1.82) is 0 Å². The average molecular weight is 303 g/mol. The van der Waals surface area contributed by atoms with Crippen LogP contribution in [0.4, 0.5) is 0 Å². The zero-order valence-electron chi connectivity index (χ0n) is 13.3. The van der Waals surface area contributed by atoms with Crippen molar-refractivity contribution in [3.8, 4) is 0 Å². The number of aryl methyl sites for hydroxylation is 2. The lowest BCUT2D eigenvalue weighted by atomic mass is 10.0. The molecule has 0 aliphatic rings. The molecule has 2 rings (SSSR count). The Morgan fingerprint density at radius 1 is 1.27 bits per heavy atom. The van der Waals surface area contributed by atoms with E-state index in [0.29, 0.717) is 12.0 Å². The summed E-state index contributed by atoms with van der Waals surface area (Å²) >= 11 is 0. The predicted octanol–water partition coefficient (Wildman–Crippen LogP) is 3.28. The largest absolute Gasteiger partial charge is 0.480 e. The van der Waals surface area contributed by atoms with E-state index in [0.717, 1.165) is 16.5 Å². The van der Waals surface area contributed by atoms with Gasteiger partial charge in [-0.15, -0.1) is 0 Å². The number of benzene rings is 1. The van der Waals surface area contributed by atoms with Crippen molar-refractivity contribution in [3.05, 3.63) is 35.1 Å². The van der Waals surface area contributed by atoms with Gasteiger partial charge in [0.05, 0.1) is 0 Å². The summed E-state index contributed by atoms with van der Waals surface area (Å²) in [6.07, 6.45) is 0.374. The third-order valence-corrected chi connectivity index (χ3v) is 3.68. The van der Waals surface area contributed by atoms with Gasteiger partial charge in [-0.05, 0) is 31.7 Å². The molecule has 0 aliphatic heterocycles. The molecule has 0 aliphatic carbocycles. The highest BCUT2D eigenvalue weighted by molar-refractivity contribution is 6.00. The van der Waals surface area contributed by atoms with E-state index >= 15 is 0 Å². The lowest BCUT2D eigenvalue weighted by molar-refractivity contribution is -0.139. The van der Waals surface area contributed by atoms with E-state index in [-0.39, 0.29) is 11.7 Å². The lowest BCUT2D eigenvalue weighted by Crippen LogP contribution is -2.41. The predicted molar refractivity (Wildman–Crippen MR) is 84.0 cm³/mol. The molecule has 0 bridgehead atoms. The number of furan rings is 1. The Morgan fingerprint density at radius 2 is 1.95 bits per heavy atom. The van der Waals surface area contributed by atoms with Gasteiger partial charge in [-0.3, -0.25) is 4.79 Å². The van der Waals surface area contributed by atoms with Crippen molar-refractivity contribution in [2.24, 2.45) is 5.92 Å². The van der Waals surface area contributed by atoms with Crippen LogP contribution in [-0.4, -0.2) is 23.0 Å². The molecule has 1 aromatic heterocycles. The third-order valence-electron chi connectivity index (χ3n) is 3.68. The van der Waals surface area contributed by atoms with Crippen molar-refractivity contribution >= 4 is 22.8 Å². The van der Waals surface area contributed by atoms with Crippen LogP contribution < -0.4 is 5.32 Å². The zero-order chi connectivity index (χ0) is 16.4. The van der Waals surface area contributed by atoms with Crippen LogP contribution in [0.15, 0.2) is 22.6 Å². The Balaban J connectivity index is 2.31. The number of aliphatic carboxylic acids is 1. The molecule has 1 atom stereocenters. The number of carboxylic acids is 1. The van der Waals surface area contributed by atoms with E-state index < -0.39 is 17.9 Å². The quantitative estimate of drug-likeness (QED) is 0.888. The van der Waals surface area contributed by atoms with Crippen LogP contribution in [0.25, 0.3) is 11.0 Å². The summed E-state index contributed by atoms with van der Waals surface area (Å²) in [7, 11) is 0. The highest BCUT2D eigenvalue weighted by Crippen LogP contribution is 2.27. The van der Waals surface area contributed by atoms with Gasteiger partial charge in [0.25, 0.3) is 5.91 Å². The van der Waals surface area contributed by atoms with E-state index in [4.69, 9.17) is 4.42 Å². The highest BCUT2D eigenvalue weighted by atomic mass is 16.4. The van der Waals surface area contributed by atoms with Gasteiger partial charge in [-0.1, -0.05) is 32.0 Å². The summed E-state index contributed by atoms with van der Waals surface area (Å²) in [5.74, 6) is -1.17. The second kappa shape index (κ2) is 6.22. The van der Waals surface area contributed by atoms with E-state index in [9.17, 15) is 14.7 Å². The minimum atomic E-state index is -1.04. The molecule has 2 aromatic rings. The van der Waals surface area contributed by atoms with Gasteiger partial charge in [0, 0.05) is 10.9 Å². The average Bonchev–Trinajstić information content (AvgIpc) is 2.76. The molecule has 2 N–H and O–H groups in total.